The summed E-state index contributed by atoms with van der Waals surface area (Å²) in [5, 5.41) is 11.6. The van der Waals surface area contributed by atoms with Gasteiger partial charge in [-0.25, -0.2) is 0 Å². The average Bonchev–Trinajstić information content (AvgIpc) is 2.66. The van der Waals surface area contributed by atoms with Crippen LogP contribution < -0.4 is 11.1 Å². The van der Waals surface area contributed by atoms with Gasteiger partial charge >= 0.3 is 5.97 Å². The zero-order valence-corrected chi connectivity index (χ0v) is 8.40. The monoisotopic (exact) mass is 202 g/mol. The van der Waals surface area contributed by atoms with Gasteiger partial charge in [-0.1, -0.05) is 0 Å². The van der Waals surface area contributed by atoms with Gasteiger partial charge in [0.05, 0.1) is 6.10 Å². The van der Waals surface area contributed by atoms with Crippen LogP contribution in [0.4, 0.5) is 0 Å². The molecule has 0 aliphatic carbocycles. The second-order valence-electron chi connectivity index (χ2n) is 3.69. The summed E-state index contributed by atoms with van der Waals surface area (Å²) in [6, 6.07) is -0.665. The van der Waals surface area contributed by atoms with E-state index in [1.165, 1.54) is 0 Å². The van der Waals surface area contributed by atoms with E-state index in [-0.39, 0.29) is 18.7 Å². The Hall–Kier alpha value is -0.650. The van der Waals surface area contributed by atoms with Crippen molar-refractivity contribution >= 4 is 5.97 Å². The molecule has 1 heterocycles. The molecular formula is C9H18N2O3. The first-order valence-electron chi connectivity index (χ1n) is 4.94. The van der Waals surface area contributed by atoms with Crippen molar-refractivity contribution in [1.29, 1.82) is 0 Å². The summed E-state index contributed by atoms with van der Waals surface area (Å²) in [5.41, 5.74) is 5.36. The van der Waals surface area contributed by atoms with Crippen molar-refractivity contribution < 1.29 is 14.6 Å². The molecule has 0 radical (unpaired) electrons. The third-order valence-corrected chi connectivity index (χ3v) is 2.50. The molecule has 1 aliphatic rings. The van der Waals surface area contributed by atoms with E-state index in [0.29, 0.717) is 0 Å². The van der Waals surface area contributed by atoms with E-state index in [9.17, 15) is 4.79 Å². The van der Waals surface area contributed by atoms with Crippen LogP contribution in [-0.2, 0) is 9.53 Å². The largest absolute Gasteiger partial charge is 0.480 e. The summed E-state index contributed by atoms with van der Waals surface area (Å²) in [7, 11) is 0. The van der Waals surface area contributed by atoms with Crippen LogP contribution >= 0.6 is 0 Å². The zero-order chi connectivity index (χ0) is 10.6. The summed E-state index contributed by atoms with van der Waals surface area (Å²) in [4.78, 5) is 10.4. The molecule has 0 aromatic heterocycles. The zero-order valence-electron chi connectivity index (χ0n) is 8.40. The molecule has 1 aliphatic heterocycles. The van der Waals surface area contributed by atoms with Gasteiger partial charge in [-0.15, -0.1) is 0 Å². The van der Waals surface area contributed by atoms with E-state index in [1.807, 2.05) is 6.92 Å². The molecule has 1 fully saturated rings. The number of nitrogens with one attached hydrogen (secondary N) is 1. The third-order valence-electron chi connectivity index (χ3n) is 2.50. The number of hydrogen-bond donors (Lipinski definition) is 3. The summed E-state index contributed by atoms with van der Waals surface area (Å²) < 4.78 is 5.46. The minimum atomic E-state index is -0.975. The maximum Gasteiger partial charge on any atom is 0.321 e. The Bertz CT molecular complexity index is 192. The molecule has 3 atom stereocenters. The molecule has 4 N–H and O–H groups in total. The van der Waals surface area contributed by atoms with Crippen LogP contribution in [0.25, 0.3) is 0 Å². The number of carboxylic acid groups (broad SMARTS) is 1. The van der Waals surface area contributed by atoms with Crippen LogP contribution in [0.3, 0.4) is 0 Å². The van der Waals surface area contributed by atoms with Gasteiger partial charge in [0, 0.05) is 19.2 Å². The Kier molecular flexibility index (Phi) is 4.31. The van der Waals surface area contributed by atoms with Crippen molar-refractivity contribution in [3.05, 3.63) is 0 Å². The normalized spacial score (nSPS) is 26.0. The fourth-order valence-corrected chi connectivity index (χ4v) is 1.53. The lowest BCUT2D eigenvalue weighted by Crippen LogP contribution is -2.46. The fraction of sp³-hybridized carbons (Fsp3) is 0.889. The highest BCUT2D eigenvalue weighted by Gasteiger charge is 2.23. The van der Waals surface area contributed by atoms with Crippen LogP contribution in [0.2, 0.25) is 0 Å². The maximum atomic E-state index is 10.4. The molecule has 0 spiro atoms. The van der Waals surface area contributed by atoms with Crippen molar-refractivity contribution in [1.82, 2.24) is 5.32 Å². The van der Waals surface area contributed by atoms with Gasteiger partial charge in [-0.2, -0.15) is 0 Å². The van der Waals surface area contributed by atoms with Gasteiger partial charge in [-0.05, 0) is 19.8 Å². The van der Waals surface area contributed by atoms with Gasteiger partial charge in [0.1, 0.15) is 6.04 Å². The van der Waals surface area contributed by atoms with Crippen molar-refractivity contribution in [3.63, 3.8) is 0 Å². The molecule has 0 aromatic rings. The van der Waals surface area contributed by atoms with Crippen LogP contribution in [0, 0.1) is 0 Å². The number of aliphatic carboxylic acids is 1. The Balaban J connectivity index is 2.19. The fourth-order valence-electron chi connectivity index (χ4n) is 1.53. The molecule has 0 bridgehead atoms. The standard InChI is InChI=1S/C9H18N2O3/c1-6(8-3-2-4-14-8)11-5-7(10)9(12)13/h6-8,11H,2-5,10H2,1H3,(H,12,13). The summed E-state index contributed by atoms with van der Waals surface area (Å²) in [6.07, 6.45) is 2.33. The molecule has 0 saturated carbocycles. The van der Waals surface area contributed by atoms with E-state index in [1.54, 1.807) is 0 Å². The molecule has 1 rings (SSSR count). The van der Waals surface area contributed by atoms with Crippen LogP contribution in [0.15, 0.2) is 0 Å². The Morgan fingerprint density at radius 2 is 2.50 bits per heavy atom. The van der Waals surface area contributed by atoms with Gasteiger partial charge in [-0.3, -0.25) is 4.79 Å². The third kappa shape index (κ3) is 3.25. The predicted molar refractivity (Wildman–Crippen MR) is 52.0 cm³/mol. The first-order valence-corrected chi connectivity index (χ1v) is 4.94. The molecule has 3 unspecified atom stereocenters. The first kappa shape index (κ1) is 11.4. The minimum Gasteiger partial charge on any atom is -0.480 e. The highest BCUT2D eigenvalue weighted by molar-refractivity contribution is 5.73. The Morgan fingerprint density at radius 3 is 3.00 bits per heavy atom. The number of nitrogens with two attached hydrogens (primary N) is 1. The van der Waals surface area contributed by atoms with E-state index < -0.39 is 12.0 Å². The lowest BCUT2D eigenvalue weighted by atomic mass is 10.1. The number of carbonyl (C=O) groups is 1. The molecule has 14 heavy (non-hydrogen) atoms. The number of ether oxygens (including phenoxy) is 1. The van der Waals surface area contributed by atoms with Crippen molar-refractivity contribution in [2.45, 2.75) is 38.0 Å². The molecule has 82 valence electrons. The molecule has 0 amide bonds. The van der Waals surface area contributed by atoms with E-state index in [4.69, 9.17) is 15.6 Å². The van der Waals surface area contributed by atoms with Crippen molar-refractivity contribution in [2.24, 2.45) is 5.73 Å². The summed E-state index contributed by atoms with van der Waals surface area (Å²) in [6.45, 7) is 3.09. The van der Waals surface area contributed by atoms with Crippen molar-refractivity contribution in [3.8, 4) is 0 Å². The molecule has 5 heteroatoms. The van der Waals surface area contributed by atoms with E-state index >= 15 is 0 Å². The topological polar surface area (TPSA) is 84.6 Å². The van der Waals surface area contributed by atoms with Gasteiger partial charge in [0.15, 0.2) is 0 Å². The lowest BCUT2D eigenvalue weighted by Gasteiger charge is -2.20. The minimum absolute atomic E-state index is 0.169. The molecule has 1 saturated heterocycles. The number of rotatable bonds is 5. The number of hydrogen-bond acceptors (Lipinski definition) is 4. The summed E-state index contributed by atoms with van der Waals surface area (Å²) >= 11 is 0. The highest BCUT2D eigenvalue weighted by Crippen LogP contribution is 2.15. The first-order chi connectivity index (χ1) is 6.61. The van der Waals surface area contributed by atoms with Gasteiger partial charge in [0.2, 0.25) is 0 Å². The Morgan fingerprint density at radius 1 is 1.79 bits per heavy atom. The lowest BCUT2D eigenvalue weighted by molar-refractivity contribution is -0.138. The van der Waals surface area contributed by atoms with Gasteiger partial charge < -0.3 is 20.9 Å². The highest BCUT2D eigenvalue weighted by atomic mass is 16.5. The van der Waals surface area contributed by atoms with Crippen LogP contribution in [0.5, 0.6) is 0 Å². The van der Waals surface area contributed by atoms with E-state index in [2.05, 4.69) is 5.32 Å². The SMILES string of the molecule is CC(NCC(N)C(=O)O)C1CCCO1. The number of carboxylic acids is 1. The smallest absolute Gasteiger partial charge is 0.321 e. The quantitative estimate of drug-likeness (QED) is 0.562. The van der Waals surface area contributed by atoms with Gasteiger partial charge in [0.25, 0.3) is 0 Å². The molecular weight excluding hydrogens is 184 g/mol. The van der Waals surface area contributed by atoms with E-state index in [0.717, 1.165) is 19.4 Å². The average molecular weight is 202 g/mol. The summed E-state index contributed by atoms with van der Waals surface area (Å²) in [5.74, 6) is -0.975. The van der Waals surface area contributed by atoms with Crippen molar-refractivity contribution in [2.75, 3.05) is 13.2 Å². The van der Waals surface area contributed by atoms with Crippen LogP contribution in [0.1, 0.15) is 19.8 Å². The second-order valence-corrected chi connectivity index (χ2v) is 3.69. The second kappa shape index (κ2) is 5.29. The van der Waals surface area contributed by atoms with Crippen LogP contribution in [-0.4, -0.2) is 42.4 Å². The maximum absolute atomic E-state index is 10.4. The predicted octanol–water partition coefficient (Wildman–Crippen LogP) is -0.445. The molecule has 5 nitrogen and oxygen atoms in total. The Labute approximate surface area is 83.6 Å². The molecule has 0 aromatic carbocycles.